The molecular formula is C25H31N5O3. The van der Waals surface area contributed by atoms with Crippen molar-refractivity contribution in [2.45, 2.75) is 25.8 Å². The van der Waals surface area contributed by atoms with Crippen molar-refractivity contribution < 1.29 is 14.3 Å². The van der Waals surface area contributed by atoms with Gasteiger partial charge >= 0.3 is 6.03 Å². The van der Waals surface area contributed by atoms with E-state index in [-0.39, 0.29) is 18.5 Å². The number of aryl methyl sites for hydroxylation is 2. The van der Waals surface area contributed by atoms with E-state index >= 15 is 0 Å². The number of aromatic nitrogens is 2. The summed E-state index contributed by atoms with van der Waals surface area (Å²) in [4.78, 5) is 32.0. The number of carbonyl (C=O) groups excluding carboxylic acids is 2. The molecule has 4 rings (SSSR count). The molecule has 2 N–H and O–H groups in total. The fourth-order valence-corrected chi connectivity index (χ4v) is 4.21. The van der Waals surface area contributed by atoms with Crippen molar-refractivity contribution >= 4 is 23.0 Å². The van der Waals surface area contributed by atoms with Crippen LogP contribution >= 0.6 is 0 Å². The summed E-state index contributed by atoms with van der Waals surface area (Å²) in [6, 6.07) is 17.4. The molecule has 3 amide bonds. The van der Waals surface area contributed by atoms with Crippen LogP contribution in [0.3, 0.4) is 0 Å². The molecule has 2 aromatic carbocycles. The lowest BCUT2D eigenvalue weighted by molar-refractivity contribution is -0.136. The van der Waals surface area contributed by atoms with Crippen LogP contribution in [-0.2, 0) is 16.1 Å². The predicted octanol–water partition coefficient (Wildman–Crippen LogP) is 2.68. The minimum absolute atomic E-state index is 0.0206. The van der Waals surface area contributed by atoms with Crippen LogP contribution < -0.4 is 10.6 Å². The minimum atomic E-state index is -0.421. The van der Waals surface area contributed by atoms with Gasteiger partial charge in [0, 0.05) is 32.7 Å². The quantitative estimate of drug-likeness (QED) is 0.518. The zero-order chi connectivity index (χ0) is 23.0. The molecule has 1 aliphatic heterocycles. The summed E-state index contributed by atoms with van der Waals surface area (Å²) in [5.41, 5.74) is 2.99. The number of hydrogen-bond acceptors (Lipinski definition) is 4. The van der Waals surface area contributed by atoms with Crippen LogP contribution in [0, 0.1) is 6.92 Å². The summed E-state index contributed by atoms with van der Waals surface area (Å²) in [7, 11) is 0. The van der Waals surface area contributed by atoms with Crippen molar-refractivity contribution in [3.63, 3.8) is 0 Å². The Bertz CT molecular complexity index is 1080. The van der Waals surface area contributed by atoms with Gasteiger partial charge in [-0.15, -0.1) is 0 Å². The van der Waals surface area contributed by atoms with Crippen LogP contribution in [0.15, 0.2) is 54.6 Å². The largest absolute Gasteiger partial charge is 0.378 e. The van der Waals surface area contributed by atoms with Crippen LogP contribution in [0.1, 0.15) is 23.7 Å². The van der Waals surface area contributed by atoms with Gasteiger partial charge in [0.05, 0.1) is 30.2 Å². The van der Waals surface area contributed by atoms with Gasteiger partial charge in [-0.2, -0.15) is 0 Å². The molecule has 0 saturated carbocycles. The third-order valence-electron chi connectivity index (χ3n) is 5.98. The molecule has 0 spiro atoms. The summed E-state index contributed by atoms with van der Waals surface area (Å²) in [6.07, 6.45) is 0.781. The Morgan fingerprint density at radius 2 is 1.76 bits per heavy atom. The van der Waals surface area contributed by atoms with Crippen molar-refractivity contribution in [1.29, 1.82) is 0 Å². The smallest absolute Gasteiger partial charge is 0.314 e. The summed E-state index contributed by atoms with van der Waals surface area (Å²) in [5, 5.41) is 5.80. The monoisotopic (exact) mass is 449 g/mol. The molecule has 33 heavy (non-hydrogen) atoms. The van der Waals surface area contributed by atoms with E-state index in [0.717, 1.165) is 35.4 Å². The standard InChI is InChI=1S/C25H31N5O3/c1-19-28-22-10-5-6-11-23(22)30(19)13-7-12-26-25(32)27-18-21(20-8-3-2-4-9-20)24(31)29-14-16-33-17-15-29/h2-6,8-11,21H,7,12-18H2,1H3,(H2,26,27,32). The topological polar surface area (TPSA) is 88.5 Å². The maximum atomic E-state index is 13.1. The number of fused-ring (bicyclic) bond motifs is 1. The van der Waals surface area contributed by atoms with E-state index in [1.807, 2.05) is 60.4 Å². The summed E-state index contributed by atoms with van der Waals surface area (Å²) >= 11 is 0. The van der Waals surface area contributed by atoms with E-state index in [1.54, 1.807) is 0 Å². The second kappa shape index (κ2) is 11.0. The third kappa shape index (κ3) is 5.70. The normalized spacial score (nSPS) is 14.8. The molecule has 0 aliphatic carbocycles. The first-order valence-electron chi connectivity index (χ1n) is 11.5. The number of carbonyl (C=O) groups is 2. The van der Waals surface area contributed by atoms with Crippen LogP contribution in [0.2, 0.25) is 0 Å². The number of para-hydroxylation sites is 2. The van der Waals surface area contributed by atoms with Crippen LogP contribution in [-0.4, -0.2) is 65.8 Å². The lowest BCUT2D eigenvalue weighted by Crippen LogP contribution is -2.46. The molecule has 1 aliphatic rings. The molecule has 0 radical (unpaired) electrons. The molecule has 0 bridgehead atoms. The van der Waals surface area contributed by atoms with Crippen LogP contribution in [0.5, 0.6) is 0 Å². The lowest BCUT2D eigenvalue weighted by atomic mass is 9.97. The fourth-order valence-electron chi connectivity index (χ4n) is 4.21. The summed E-state index contributed by atoms with van der Waals surface area (Å²) in [6.45, 7) is 5.81. The van der Waals surface area contributed by atoms with Gasteiger partial charge in [-0.1, -0.05) is 42.5 Å². The van der Waals surface area contributed by atoms with Gasteiger partial charge in [0.1, 0.15) is 5.82 Å². The first-order chi connectivity index (χ1) is 16.1. The van der Waals surface area contributed by atoms with Crippen molar-refractivity contribution in [2.24, 2.45) is 0 Å². The highest BCUT2D eigenvalue weighted by molar-refractivity contribution is 5.85. The Morgan fingerprint density at radius 1 is 1.03 bits per heavy atom. The molecule has 1 aromatic heterocycles. The Hall–Kier alpha value is -3.39. The Morgan fingerprint density at radius 3 is 2.55 bits per heavy atom. The Balaban J connectivity index is 1.28. The molecule has 8 heteroatoms. The Kier molecular flexibility index (Phi) is 7.57. The number of hydrogen-bond donors (Lipinski definition) is 2. The van der Waals surface area contributed by atoms with Gasteiger partial charge in [0.25, 0.3) is 0 Å². The number of nitrogens with one attached hydrogen (secondary N) is 2. The maximum absolute atomic E-state index is 13.1. The maximum Gasteiger partial charge on any atom is 0.314 e. The number of amides is 3. The SMILES string of the molecule is Cc1nc2ccccc2n1CCCNC(=O)NCC(C(=O)N1CCOCC1)c1ccccc1. The molecule has 1 unspecified atom stereocenters. The van der Waals surface area contributed by atoms with Gasteiger partial charge in [-0.05, 0) is 31.0 Å². The lowest BCUT2D eigenvalue weighted by Gasteiger charge is -2.30. The molecular weight excluding hydrogens is 418 g/mol. The average Bonchev–Trinajstić information content (AvgIpc) is 3.18. The first-order valence-corrected chi connectivity index (χ1v) is 11.5. The average molecular weight is 450 g/mol. The number of urea groups is 1. The van der Waals surface area contributed by atoms with E-state index < -0.39 is 5.92 Å². The number of morpholine rings is 1. The van der Waals surface area contributed by atoms with E-state index in [1.165, 1.54) is 0 Å². The van der Waals surface area contributed by atoms with Gasteiger partial charge in [-0.3, -0.25) is 4.79 Å². The predicted molar refractivity (Wildman–Crippen MR) is 127 cm³/mol. The van der Waals surface area contributed by atoms with E-state index in [0.29, 0.717) is 32.8 Å². The first kappa shape index (κ1) is 22.8. The van der Waals surface area contributed by atoms with Crippen LogP contribution in [0.4, 0.5) is 4.79 Å². The van der Waals surface area contributed by atoms with Crippen molar-refractivity contribution in [3.8, 4) is 0 Å². The van der Waals surface area contributed by atoms with Gasteiger partial charge in [0.2, 0.25) is 5.91 Å². The van der Waals surface area contributed by atoms with Gasteiger partial charge in [0.15, 0.2) is 0 Å². The Labute approximate surface area is 193 Å². The molecule has 1 atom stereocenters. The molecule has 2 heterocycles. The van der Waals surface area contributed by atoms with Crippen molar-refractivity contribution in [1.82, 2.24) is 25.1 Å². The van der Waals surface area contributed by atoms with E-state index in [2.05, 4.69) is 26.3 Å². The second-order valence-corrected chi connectivity index (χ2v) is 8.19. The highest BCUT2D eigenvalue weighted by Gasteiger charge is 2.27. The number of imidazole rings is 1. The van der Waals surface area contributed by atoms with Gasteiger partial charge in [-0.25, -0.2) is 9.78 Å². The minimum Gasteiger partial charge on any atom is -0.378 e. The molecule has 3 aromatic rings. The molecule has 8 nitrogen and oxygen atoms in total. The van der Waals surface area contributed by atoms with E-state index in [4.69, 9.17) is 4.74 Å². The fraction of sp³-hybridized carbons (Fsp3) is 0.400. The summed E-state index contributed by atoms with van der Waals surface area (Å²) < 4.78 is 7.53. The number of benzene rings is 2. The van der Waals surface area contributed by atoms with Gasteiger partial charge < -0.3 is 24.8 Å². The van der Waals surface area contributed by atoms with Crippen molar-refractivity contribution in [2.75, 3.05) is 39.4 Å². The number of ether oxygens (including phenoxy) is 1. The number of nitrogens with zero attached hydrogens (tertiary/aromatic N) is 3. The summed E-state index contributed by atoms with van der Waals surface area (Å²) in [5.74, 6) is 0.565. The molecule has 1 fully saturated rings. The molecule has 1 saturated heterocycles. The van der Waals surface area contributed by atoms with E-state index in [9.17, 15) is 9.59 Å². The zero-order valence-corrected chi connectivity index (χ0v) is 19.0. The second-order valence-electron chi connectivity index (χ2n) is 8.19. The highest BCUT2D eigenvalue weighted by atomic mass is 16.5. The van der Waals surface area contributed by atoms with Crippen molar-refractivity contribution in [3.05, 3.63) is 66.0 Å². The highest BCUT2D eigenvalue weighted by Crippen LogP contribution is 2.19. The molecule has 174 valence electrons. The van der Waals surface area contributed by atoms with Crippen LogP contribution in [0.25, 0.3) is 11.0 Å². The third-order valence-corrected chi connectivity index (χ3v) is 5.98. The zero-order valence-electron chi connectivity index (χ0n) is 19.0. The number of rotatable bonds is 8.